The third kappa shape index (κ3) is 5.98. The normalized spacial score (nSPS) is 16.1. The van der Waals surface area contributed by atoms with Crippen LogP contribution >= 0.6 is 23.1 Å². The lowest BCUT2D eigenvalue weighted by Gasteiger charge is -2.12. The van der Waals surface area contributed by atoms with E-state index in [1.807, 2.05) is 84.3 Å². The van der Waals surface area contributed by atoms with Crippen LogP contribution in [-0.2, 0) is 17.9 Å². The molecule has 0 radical (unpaired) electrons. The summed E-state index contributed by atoms with van der Waals surface area (Å²) in [6, 6.07) is 25.2. The fraction of sp³-hybridized carbons (Fsp3) is 0.0741. The molecule has 0 spiro atoms. The number of thioether (sulfide) groups is 1. The average molecular weight is 500 g/mol. The summed E-state index contributed by atoms with van der Waals surface area (Å²) in [5.41, 5.74) is 1.96. The van der Waals surface area contributed by atoms with E-state index in [1.165, 1.54) is 11.8 Å². The van der Waals surface area contributed by atoms with Crippen LogP contribution in [0, 0.1) is 0 Å². The van der Waals surface area contributed by atoms with Crippen molar-refractivity contribution >= 4 is 46.5 Å². The van der Waals surface area contributed by atoms with Gasteiger partial charge in [-0.15, -0.1) is 16.4 Å². The number of carbonyl (C=O) groups excluding carboxylic acids is 1. The lowest BCUT2D eigenvalue weighted by atomic mass is 10.2. The van der Waals surface area contributed by atoms with Gasteiger partial charge >= 0.3 is 0 Å². The molecule has 3 heterocycles. The fourth-order valence-electron chi connectivity index (χ4n) is 3.37. The maximum atomic E-state index is 13.3. The smallest absolute Gasteiger partial charge is 0.267 e. The van der Waals surface area contributed by atoms with Gasteiger partial charge in [-0.1, -0.05) is 48.5 Å². The Bertz CT molecular complexity index is 1360. The van der Waals surface area contributed by atoms with Crippen LogP contribution in [0.15, 0.2) is 110 Å². The van der Waals surface area contributed by atoms with E-state index in [-0.39, 0.29) is 12.5 Å². The first-order valence-corrected chi connectivity index (χ1v) is 12.6. The minimum Gasteiger partial charge on any atom is -0.489 e. The molecule has 1 aliphatic rings. The highest BCUT2D eigenvalue weighted by molar-refractivity contribution is 8.18. The van der Waals surface area contributed by atoms with Crippen LogP contribution in [0.3, 0.4) is 0 Å². The molecule has 0 N–H and O–H groups in total. The zero-order valence-electron chi connectivity index (χ0n) is 18.6. The Morgan fingerprint density at radius 3 is 2.71 bits per heavy atom. The predicted molar refractivity (Wildman–Crippen MR) is 141 cm³/mol. The van der Waals surface area contributed by atoms with Crippen molar-refractivity contribution in [2.75, 3.05) is 0 Å². The van der Waals surface area contributed by atoms with E-state index < -0.39 is 0 Å². The molecule has 1 fully saturated rings. The minimum absolute atomic E-state index is 0.146. The summed E-state index contributed by atoms with van der Waals surface area (Å²) in [4.78, 5) is 16.4. The summed E-state index contributed by atoms with van der Waals surface area (Å²) in [6.45, 7) is 0.758. The van der Waals surface area contributed by atoms with E-state index in [4.69, 9.17) is 9.15 Å². The van der Waals surface area contributed by atoms with E-state index in [0.717, 1.165) is 21.8 Å². The van der Waals surface area contributed by atoms with Crippen molar-refractivity contribution in [1.29, 1.82) is 0 Å². The quantitative estimate of drug-likeness (QED) is 0.159. The van der Waals surface area contributed by atoms with E-state index >= 15 is 0 Å². The Hall–Kier alpha value is -3.88. The molecular weight excluding hydrogens is 478 g/mol. The fourth-order valence-corrected chi connectivity index (χ4v) is 4.88. The second-order valence-corrected chi connectivity index (χ2v) is 9.56. The largest absolute Gasteiger partial charge is 0.489 e. The molecule has 35 heavy (non-hydrogen) atoms. The highest BCUT2D eigenvalue weighted by Crippen LogP contribution is 2.34. The number of amidine groups is 1. The van der Waals surface area contributed by atoms with Gasteiger partial charge in [0.05, 0.1) is 23.9 Å². The summed E-state index contributed by atoms with van der Waals surface area (Å²) < 4.78 is 11.4. The van der Waals surface area contributed by atoms with Crippen LogP contribution in [0.1, 0.15) is 21.8 Å². The minimum atomic E-state index is -0.146. The zero-order valence-corrected chi connectivity index (χ0v) is 20.2. The molecule has 0 bridgehead atoms. The van der Waals surface area contributed by atoms with E-state index in [9.17, 15) is 4.79 Å². The van der Waals surface area contributed by atoms with Gasteiger partial charge in [-0.2, -0.15) is 5.10 Å². The second-order valence-electron chi connectivity index (χ2n) is 7.57. The number of hydrogen-bond acceptors (Lipinski definition) is 7. The van der Waals surface area contributed by atoms with Crippen molar-refractivity contribution in [1.82, 2.24) is 4.90 Å². The van der Waals surface area contributed by atoms with Crippen LogP contribution in [0.2, 0.25) is 0 Å². The van der Waals surface area contributed by atoms with Gasteiger partial charge < -0.3 is 9.15 Å². The van der Waals surface area contributed by atoms with Gasteiger partial charge in [0, 0.05) is 4.88 Å². The molecule has 1 amide bonds. The van der Waals surface area contributed by atoms with Crippen LogP contribution in [0.4, 0.5) is 0 Å². The van der Waals surface area contributed by atoms with E-state index in [2.05, 4.69) is 10.2 Å². The average Bonchev–Trinajstić information content (AvgIpc) is 3.64. The topological polar surface area (TPSA) is 67.4 Å². The molecule has 6 nitrogen and oxygen atoms in total. The lowest BCUT2D eigenvalue weighted by molar-refractivity contribution is -0.122. The summed E-state index contributed by atoms with van der Waals surface area (Å²) in [6.07, 6.45) is 5.12. The third-order valence-electron chi connectivity index (χ3n) is 5.06. The first kappa shape index (κ1) is 22.9. The van der Waals surface area contributed by atoms with Gasteiger partial charge in [0.25, 0.3) is 5.91 Å². The number of amides is 1. The summed E-state index contributed by atoms with van der Waals surface area (Å²) in [7, 11) is 0. The maximum absolute atomic E-state index is 13.3. The maximum Gasteiger partial charge on any atom is 0.267 e. The molecule has 0 atom stereocenters. The monoisotopic (exact) mass is 499 g/mol. The molecule has 0 unspecified atom stereocenters. The number of carbonyl (C=O) groups is 1. The highest BCUT2D eigenvalue weighted by Gasteiger charge is 2.34. The number of thiophene rings is 1. The molecule has 5 rings (SSSR count). The third-order valence-corrected chi connectivity index (χ3v) is 6.86. The van der Waals surface area contributed by atoms with Gasteiger partial charge in [-0.3, -0.25) is 9.69 Å². The van der Waals surface area contributed by atoms with Crippen molar-refractivity contribution < 1.29 is 13.9 Å². The van der Waals surface area contributed by atoms with Crippen LogP contribution in [0.25, 0.3) is 6.08 Å². The van der Waals surface area contributed by atoms with Gasteiger partial charge in [0.2, 0.25) is 0 Å². The van der Waals surface area contributed by atoms with Gasteiger partial charge in [0.1, 0.15) is 18.1 Å². The highest BCUT2D eigenvalue weighted by atomic mass is 32.2. The first-order valence-electron chi connectivity index (χ1n) is 10.9. The number of ether oxygens (including phenoxy) is 1. The molecule has 2 aromatic carbocycles. The molecular formula is C27H21N3O3S2. The Kier molecular flexibility index (Phi) is 7.21. The molecule has 8 heteroatoms. The summed E-state index contributed by atoms with van der Waals surface area (Å²) >= 11 is 2.86. The van der Waals surface area contributed by atoms with Crippen LogP contribution in [0.5, 0.6) is 5.75 Å². The summed E-state index contributed by atoms with van der Waals surface area (Å²) in [5, 5.41) is 11.0. The molecule has 0 aliphatic carbocycles. The number of furan rings is 1. The SMILES string of the molecule is O=C1/C(=C/c2cccc(OCc3ccccc3)c2)S/C(=N/N=C\c2cccs2)N1Cc1ccco1. The molecule has 0 saturated carbocycles. The van der Waals surface area contributed by atoms with E-state index in [0.29, 0.717) is 22.4 Å². The number of benzene rings is 2. The second kappa shape index (κ2) is 11.0. The molecule has 1 saturated heterocycles. The molecule has 174 valence electrons. The van der Waals surface area contributed by atoms with Crippen LogP contribution in [-0.4, -0.2) is 22.2 Å². The standard InChI is InChI=1S/C27H21N3O3S2/c31-26-25(16-21-9-4-10-22(15-21)33-19-20-7-2-1-3-8-20)35-27(29-28-17-24-12-6-14-34-24)30(26)18-23-11-5-13-32-23/h1-17H,18-19H2/b25-16-,28-17-,29-27+. The van der Waals surface area contributed by atoms with Gasteiger partial charge in [-0.25, -0.2) is 0 Å². The Labute approximate surface area is 211 Å². The Balaban J connectivity index is 1.35. The number of rotatable bonds is 8. The molecule has 1 aliphatic heterocycles. The predicted octanol–water partition coefficient (Wildman–Crippen LogP) is 6.43. The summed E-state index contributed by atoms with van der Waals surface area (Å²) in [5.74, 6) is 1.26. The van der Waals surface area contributed by atoms with Crippen molar-refractivity contribution in [3.8, 4) is 5.75 Å². The number of nitrogens with zero attached hydrogens (tertiary/aromatic N) is 3. The van der Waals surface area contributed by atoms with Crippen molar-refractivity contribution in [3.05, 3.63) is 117 Å². The van der Waals surface area contributed by atoms with Crippen molar-refractivity contribution in [3.63, 3.8) is 0 Å². The van der Waals surface area contributed by atoms with Crippen molar-refractivity contribution in [2.24, 2.45) is 10.2 Å². The number of hydrogen-bond donors (Lipinski definition) is 0. The van der Waals surface area contributed by atoms with E-state index in [1.54, 1.807) is 34.8 Å². The molecule has 2 aromatic heterocycles. The van der Waals surface area contributed by atoms with Gasteiger partial charge in [0.15, 0.2) is 5.17 Å². The lowest BCUT2D eigenvalue weighted by Crippen LogP contribution is -2.28. The van der Waals surface area contributed by atoms with Gasteiger partial charge in [-0.05, 0) is 64.7 Å². The van der Waals surface area contributed by atoms with Crippen LogP contribution < -0.4 is 4.74 Å². The Morgan fingerprint density at radius 2 is 1.91 bits per heavy atom. The first-order chi connectivity index (χ1) is 17.2. The Morgan fingerprint density at radius 1 is 1.00 bits per heavy atom. The van der Waals surface area contributed by atoms with Crippen molar-refractivity contribution in [2.45, 2.75) is 13.2 Å². The zero-order chi connectivity index (χ0) is 23.9. The molecule has 4 aromatic rings.